The molecule has 1 unspecified atom stereocenters. The van der Waals surface area contributed by atoms with Crippen molar-refractivity contribution in [3.05, 3.63) is 54.7 Å². The van der Waals surface area contributed by atoms with E-state index in [1.807, 2.05) is 41.3 Å². The van der Waals surface area contributed by atoms with Gasteiger partial charge in [0.1, 0.15) is 11.9 Å². The van der Waals surface area contributed by atoms with Gasteiger partial charge in [-0.2, -0.15) is 0 Å². The van der Waals surface area contributed by atoms with Crippen LogP contribution in [0, 0.1) is 5.92 Å². The monoisotopic (exact) mass is 500 g/mol. The molecule has 0 radical (unpaired) electrons. The molecule has 37 heavy (non-hydrogen) atoms. The second-order valence-corrected chi connectivity index (χ2v) is 9.88. The summed E-state index contributed by atoms with van der Waals surface area (Å²) in [6.45, 7) is 4.72. The molecule has 1 aliphatic carbocycles. The lowest BCUT2D eigenvalue weighted by Crippen LogP contribution is -2.36. The van der Waals surface area contributed by atoms with Crippen LogP contribution >= 0.6 is 0 Å². The third-order valence-corrected chi connectivity index (χ3v) is 7.14. The van der Waals surface area contributed by atoms with Crippen molar-refractivity contribution in [3.8, 4) is 17.0 Å². The zero-order chi connectivity index (χ0) is 25.2. The normalized spacial score (nSPS) is 19.6. The van der Waals surface area contributed by atoms with Crippen LogP contribution < -0.4 is 20.7 Å². The Morgan fingerprint density at radius 3 is 2.59 bits per heavy atom. The van der Waals surface area contributed by atoms with Gasteiger partial charge in [0, 0.05) is 55.1 Å². The summed E-state index contributed by atoms with van der Waals surface area (Å²) < 4.78 is 11.6. The number of rotatable bonds is 7. The van der Waals surface area contributed by atoms with E-state index < -0.39 is 0 Å². The van der Waals surface area contributed by atoms with Crippen molar-refractivity contribution in [2.45, 2.75) is 25.4 Å². The van der Waals surface area contributed by atoms with Crippen molar-refractivity contribution < 1.29 is 14.3 Å². The van der Waals surface area contributed by atoms with Crippen molar-refractivity contribution in [1.82, 2.24) is 14.9 Å². The van der Waals surface area contributed by atoms with Gasteiger partial charge in [-0.15, -0.1) is 0 Å². The first-order chi connectivity index (χ1) is 18.1. The minimum atomic E-state index is -0.0275. The number of carbonyl (C=O) groups excluding carboxylic acids is 1. The Morgan fingerprint density at radius 2 is 1.84 bits per heavy atom. The predicted octanol–water partition coefficient (Wildman–Crippen LogP) is 3.70. The van der Waals surface area contributed by atoms with Crippen LogP contribution in [0.2, 0.25) is 0 Å². The van der Waals surface area contributed by atoms with E-state index in [0.717, 1.165) is 69.1 Å². The first kappa shape index (κ1) is 23.5. The number of anilines is 4. The van der Waals surface area contributed by atoms with Crippen LogP contribution in [0.15, 0.2) is 54.7 Å². The number of nitrogens with one attached hydrogen (secondary N) is 1. The molecule has 1 atom stereocenters. The number of likely N-dealkylation sites (tertiary alicyclic amines) is 1. The molecule has 3 aromatic rings. The fourth-order valence-corrected chi connectivity index (χ4v) is 4.89. The number of nitrogens with zero attached hydrogens (tertiary/aromatic N) is 4. The second kappa shape index (κ2) is 10.3. The SMILES string of the molecule is Nc1cc(-c2ccnc(Nc3ccc(N4CCOCC4)cc3)n2)ccc1OC1CCN(C(=O)C2CC2)C1. The largest absolute Gasteiger partial charge is 0.486 e. The summed E-state index contributed by atoms with van der Waals surface area (Å²) in [7, 11) is 0. The molecule has 3 N–H and O–H groups in total. The van der Waals surface area contributed by atoms with Crippen molar-refractivity contribution in [2.24, 2.45) is 5.92 Å². The Balaban J connectivity index is 1.09. The Labute approximate surface area is 216 Å². The molecule has 1 saturated carbocycles. The third kappa shape index (κ3) is 5.46. The molecular weight excluding hydrogens is 468 g/mol. The number of hydrogen-bond acceptors (Lipinski definition) is 8. The molecule has 2 aromatic carbocycles. The fourth-order valence-electron chi connectivity index (χ4n) is 4.89. The number of benzene rings is 2. The van der Waals surface area contributed by atoms with Gasteiger partial charge in [0.25, 0.3) is 0 Å². The van der Waals surface area contributed by atoms with E-state index >= 15 is 0 Å². The summed E-state index contributed by atoms with van der Waals surface area (Å²) in [5.41, 5.74) is 10.7. The quantitative estimate of drug-likeness (QED) is 0.473. The van der Waals surface area contributed by atoms with Crippen LogP contribution in [0.5, 0.6) is 5.75 Å². The maximum absolute atomic E-state index is 12.3. The van der Waals surface area contributed by atoms with E-state index in [1.165, 1.54) is 5.69 Å². The summed E-state index contributed by atoms with van der Waals surface area (Å²) in [6.07, 6.45) is 4.58. The van der Waals surface area contributed by atoms with E-state index in [9.17, 15) is 4.79 Å². The minimum absolute atomic E-state index is 0.0275. The Bertz CT molecular complexity index is 1260. The number of ether oxygens (including phenoxy) is 2. The van der Waals surface area contributed by atoms with Gasteiger partial charge in [0.15, 0.2) is 0 Å². The van der Waals surface area contributed by atoms with Crippen molar-refractivity contribution in [3.63, 3.8) is 0 Å². The number of nitrogen functional groups attached to an aromatic ring is 1. The maximum Gasteiger partial charge on any atom is 0.227 e. The molecule has 1 amide bonds. The molecule has 6 rings (SSSR count). The Hall–Kier alpha value is -3.85. The highest BCUT2D eigenvalue weighted by molar-refractivity contribution is 5.81. The van der Waals surface area contributed by atoms with Crippen LogP contribution in [-0.2, 0) is 9.53 Å². The fraction of sp³-hybridized carbons (Fsp3) is 0.393. The van der Waals surface area contributed by atoms with E-state index in [4.69, 9.17) is 15.2 Å². The Morgan fingerprint density at radius 1 is 1.03 bits per heavy atom. The van der Waals surface area contributed by atoms with Crippen LogP contribution in [0.4, 0.5) is 23.0 Å². The topological polar surface area (TPSA) is 106 Å². The zero-order valence-corrected chi connectivity index (χ0v) is 20.8. The predicted molar refractivity (Wildman–Crippen MR) is 143 cm³/mol. The lowest BCUT2D eigenvalue weighted by molar-refractivity contribution is -0.131. The molecule has 2 saturated heterocycles. The summed E-state index contributed by atoms with van der Waals surface area (Å²) >= 11 is 0. The van der Waals surface area contributed by atoms with Gasteiger partial charge in [-0.3, -0.25) is 4.79 Å². The molecule has 3 aliphatic rings. The molecule has 3 fully saturated rings. The highest BCUT2D eigenvalue weighted by Crippen LogP contribution is 2.34. The molecule has 9 heteroatoms. The van der Waals surface area contributed by atoms with Gasteiger partial charge in [-0.1, -0.05) is 0 Å². The summed E-state index contributed by atoms with van der Waals surface area (Å²) in [5.74, 6) is 1.67. The number of morpholine rings is 1. The third-order valence-electron chi connectivity index (χ3n) is 7.14. The van der Waals surface area contributed by atoms with Crippen molar-refractivity contribution in [1.29, 1.82) is 0 Å². The summed E-state index contributed by atoms with van der Waals surface area (Å²) in [5, 5.41) is 3.29. The second-order valence-electron chi connectivity index (χ2n) is 9.88. The van der Waals surface area contributed by atoms with E-state index in [0.29, 0.717) is 23.9 Å². The lowest BCUT2D eigenvalue weighted by Gasteiger charge is -2.28. The standard InChI is InChI=1S/C28H32N6O3/c29-24-17-20(3-8-26(24)37-23-10-12-34(18-23)27(35)19-1-2-19)25-9-11-30-28(32-25)31-21-4-6-22(7-5-21)33-13-15-36-16-14-33/h3-9,11,17,19,23H,1-2,10,12-16,18,29H2,(H,30,31,32). The molecule has 0 bridgehead atoms. The van der Waals surface area contributed by atoms with E-state index in [-0.39, 0.29) is 17.9 Å². The van der Waals surface area contributed by atoms with Crippen molar-refractivity contribution in [2.75, 3.05) is 55.3 Å². The number of aromatic nitrogens is 2. The Kier molecular flexibility index (Phi) is 6.53. The smallest absolute Gasteiger partial charge is 0.227 e. The average Bonchev–Trinajstić information content (AvgIpc) is 3.68. The average molecular weight is 501 g/mol. The van der Waals surface area contributed by atoms with Gasteiger partial charge >= 0.3 is 0 Å². The molecule has 2 aliphatic heterocycles. The van der Waals surface area contributed by atoms with Gasteiger partial charge in [-0.05, 0) is 61.4 Å². The van der Waals surface area contributed by atoms with Crippen LogP contribution in [0.25, 0.3) is 11.3 Å². The molecule has 3 heterocycles. The molecule has 192 valence electrons. The molecular formula is C28H32N6O3. The van der Waals surface area contributed by atoms with Gasteiger partial charge in [0.2, 0.25) is 11.9 Å². The highest BCUT2D eigenvalue weighted by Gasteiger charge is 2.37. The first-order valence-electron chi connectivity index (χ1n) is 13.0. The van der Waals surface area contributed by atoms with Gasteiger partial charge in [0.05, 0.1) is 31.1 Å². The summed E-state index contributed by atoms with van der Waals surface area (Å²) in [4.78, 5) is 25.6. The van der Waals surface area contributed by atoms with Gasteiger partial charge in [-0.25, -0.2) is 9.97 Å². The molecule has 0 spiro atoms. The number of carbonyl (C=O) groups is 1. The van der Waals surface area contributed by atoms with Gasteiger partial charge < -0.3 is 30.3 Å². The minimum Gasteiger partial charge on any atom is -0.486 e. The van der Waals surface area contributed by atoms with Crippen LogP contribution in [-0.4, -0.2) is 66.3 Å². The first-order valence-corrected chi connectivity index (χ1v) is 13.0. The molecule has 9 nitrogen and oxygen atoms in total. The number of nitrogens with two attached hydrogens (primary N) is 1. The number of hydrogen-bond donors (Lipinski definition) is 2. The number of amides is 1. The summed E-state index contributed by atoms with van der Waals surface area (Å²) in [6, 6.07) is 15.8. The van der Waals surface area contributed by atoms with Crippen LogP contribution in [0.3, 0.4) is 0 Å². The lowest BCUT2D eigenvalue weighted by atomic mass is 10.1. The molecule has 1 aromatic heterocycles. The van der Waals surface area contributed by atoms with Crippen LogP contribution in [0.1, 0.15) is 19.3 Å². The highest BCUT2D eigenvalue weighted by atomic mass is 16.5. The van der Waals surface area contributed by atoms with E-state index in [1.54, 1.807) is 6.20 Å². The van der Waals surface area contributed by atoms with Crippen molar-refractivity contribution >= 4 is 28.9 Å². The van der Waals surface area contributed by atoms with E-state index in [2.05, 4.69) is 32.3 Å². The maximum atomic E-state index is 12.3. The zero-order valence-electron chi connectivity index (χ0n) is 20.8.